The molecule has 0 aliphatic carbocycles. The lowest BCUT2D eigenvalue weighted by molar-refractivity contribution is 0.0996. The summed E-state index contributed by atoms with van der Waals surface area (Å²) in [6.45, 7) is 1.57. The number of amides is 1. The van der Waals surface area contributed by atoms with Gasteiger partial charge < -0.3 is 11.1 Å². The SMILES string of the molecule is CSc1ncc2ccc3c(C(N)=O)nn(CC4CC=CNC4)c3c2n1. The molecule has 4 rings (SSSR count). The first-order valence-corrected chi connectivity index (χ1v) is 9.28. The number of rotatable bonds is 4. The number of nitrogens with two attached hydrogens (primary N) is 1. The number of hydrogen-bond acceptors (Lipinski definition) is 6. The Morgan fingerprint density at radius 3 is 3.08 bits per heavy atom. The van der Waals surface area contributed by atoms with E-state index in [4.69, 9.17) is 5.73 Å². The van der Waals surface area contributed by atoms with Crippen LogP contribution in [0, 0.1) is 5.92 Å². The number of benzene rings is 1. The molecule has 1 aliphatic rings. The van der Waals surface area contributed by atoms with Gasteiger partial charge in [0.1, 0.15) is 5.52 Å². The van der Waals surface area contributed by atoms with E-state index >= 15 is 0 Å². The fraction of sp³-hybridized carbons (Fsp3) is 0.294. The maximum atomic E-state index is 11.9. The van der Waals surface area contributed by atoms with Crippen LogP contribution < -0.4 is 11.1 Å². The third-order valence-corrected chi connectivity index (χ3v) is 4.96. The minimum Gasteiger partial charge on any atom is -0.391 e. The number of fused-ring (bicyclic) bond motifs is 3. The Labute approximate surface area is 148 Å². The minimum absolute atomic E-state index is 0.292. The number of carbonyl (C=O) groups is 1. The van der Waals surface area contributed by atoms with Crippen LogP contribution in [0.25, 0.3) is 21.8 Å². The van der Waals surface area contributed by atoms with Crippen LogP contribution in [0.15, 0.2) is 35.8 Å². The first-order valence-electron chi connectivity index (χ1n) is 8.06. The average molecular weight is 354 g/mol. The molecule has 3 N–H and O–H groups in total. The van der Waals surface area contributed by atoms with E-state index in [1.165, 1.54) is 11.8 Å². The van der Waals surface area contributed by atoms with Crippen molar-refractivity contribution in [1.82, 2.24) is 25.1 Å². The summed E-state index contributed by atoms with van der Waals surface area (Å²) in [5.41, 5.74) is 7.49. The molecule has 1 aromatic carbocycles. The Kier molecular flexibility index (Phi) is 4.04. The second-order valence-corrected chi connectivity index (χ2v) is 6.84. The van der Waals surface area contributed by atoms with Gasteiger partial charge in [-0.2, -0.15) is 5.10 Å². The molecule has 3 heterocycles. The third-order valence-electron chi connectivity index (χ3n) is 4.40. The molecule has 1 unspecified atom stereocenters. The lowest BCUT2D eigenvalue weighted by atomic mass is 10.0. The van der Waals surface area contributed by atoms with Crippen LogP contribution in [0.4, 0.5) is 0 Å². The number of nitrogens with zero attached hydrogens (tertiary/aromatic N) is 4. The van der Waals surface area contributed by atoms with Crippen LogP contribution >= 0.6 is 11.8 Å². The molecular formula is C17H18N6OS. The molecule has 0 spiro atoms. The summed E-state index contributed by atoms with van der Waals surface area (Å²) in [7, 11) is 0. The molecule has 0 fully saturated rings. The Morgan fingerprint density at radius 1 is 1.48 bits per heavy atom. The predicted molar refractivity (Wildman–Crippen MR) is 98.4 cm³/mol. The average Bonchev–Trinajstić information content (AvgIpc) is 3.01. The maximum Gasteiger partial charge on any atom is 0.269 e. The Morgan fingerprint density at radius 2 is 2.36 bits per heavy atom. The van der Waals surface area contributed by atoms with E-state index < -0.39 is 5.91 Å². The number of thioether (sulfide) groups is 1. The van der Waals surface area contributed by atoms with Gasteiger partial charge in [0.05, 0.1) is 5.52 Å². The van der Waals surface area contributed by atoms with E-state index in [0.717, 1.165) is 34.8 Å². The van der Waals surface area contributed by atoms with E-state index in [-0.39, 0.29) is 0 Å². The first kappa shape index (κ1) is 15.9. The van der Waals surface area contributed by atoms with Gasteiger partial charge in [-0.05, 0) is 30.9 Å². The van der Waals surface area contributed by atoms with Crippen molar-refractivity contribution in [1.29, 1.82) is 0 Å². The highest BCUT2D eigenvalue weighted by Gasteiger charge is 2.20. The van der Waals surface area contributed by atoms with Crippen LogP contribution in [-0.2, 0) is 6.54 Å². The second kappa shape index (κ2) is 6.36. The van der Waals surface area contributed by atoms with E-state index in [0.29, 0.717) is 23.3 Å². The number of nitrogens with one attached hydrogen (secondary N) is 1. The minimum atomic E-state index is -0.524. The molecule has 8 heteroatoms. The van der Waals surface area contributed by atoms with E-state index in [1.807, 2.05) is 29.3 Å². The fourth-order valence-electron chi connectivity index (χ4n) is 3.20. The molecule has 0 saturated heterocycles. The zero-order valence-electron chi connectivity index (χ0n) is 13.8. The smallest absolute Gasteiger partial charge is 0.269 e. The zero-order chi connectivity index (χ0) is 17.4. The summed E-state index contributed by atoms with van der Waals surface area (Å²) < 4.78 is 1.88. The van der Waals surface area contributed by atoms with Crippen LogP contribution in [0.2, 0.25) is 0 Å². The standard InChI is InChI=1S/C17H18N6OS/c1-25-17-20-8-11-4-5-12-14(16(18)24)22-23(15(12)13(11)21-17)9-10-3-2-6-19-7-10/h2,4-6,8,10,19H,3,7,9H2,1H3,(H2,18,24). The number of aromatic nitrogens is 4. The number of hydrogen-bond donors (Lipinski definition) is 2. The monoisotopic (exact) mass is 354 g/mol. The van der Waals surface area contributed by atoms with Gasteiger partial charge >= 0.3 is 0 Å². The summed E-state index contributed by atoms with van der Waals surface area (Å²) in [6.07, 6.45) is 8.80. The van der Waals surface area contributed by atoms with Crippen LogP contribution in [0.3, 0.4) is 0 Å². The van der Waals surface area contributed by atoms with Crippen molar-refractivity contribution in [2.45, 2.75) is 18.1 Å². The lowest BCUT2D eigenvalue weighted by Crippen LogP contribution is -2.26. The maximum absolute atomic E-state index is 11.9. The van der Waals surface area contributed by atoms with Gasteiger partial charge in [-0.15, -0.1) is 0 Å². The molecule has 1 aliphatic heterocycles. The molecule has 2 aromatic heterocycles. The van der Waals surface area contributed by atoms with Crippen molar-refractivity contribution in [3.8, 4) is 0 Å². The van der Waals surface area contributed by atoms with Crippen molar-refractivity contribution in [3.63, 3.8) is 0 Å². The first-order chi connectivity index (χ1) is 12.2. The molecule has 0 radical (unpaired) electrons. The van der Waals surface area contributed by atoms with Gasteiger partial charge in [-0.1, -0.05) is 23.9 Å². The highest BCUT2D eigenvalue weighted by atomic mass is 32.2. The normalized spacial score (nSPS) is 17.1. The number of carbonyl (C=O) groups excluding carboxylic acids is 1. The molecule has 0 bridgehead atoms. The Bertz CT molecular complexity index is 996. The molecule has 128 valence electrons. The number of allylic oxidation sites excluding steroid dienone is 1. The molecule has 25 heavy (non-hydrogen) atoms. The van der Waals surface area contributed by atoms with Crippen molar-refractivity contribution in [2.24, 2.45) is 11.7 Å². The summed E-state index contributed by atoms with van der Waals surface area (Å²) in [5.74, 6) is -0.130. The van der Waals surface area contributed by atoms with Crippen molar-refractivity contribution >= 4 is 39.5 Å². The van der Waals surface area contributed by atoms with Gasteiger partial charge in [0, 0.05) is 30.1 Å². The number of primary amides is 1. The van der Waals surface area contributed by atoms with Crippen LogP contribution in [-0.4, -0.2) is 38.5 Å². The van der Waals surface area contributed by atoms with E-state index in [2.05, 4.69) is 26.5 Å². The van der Waals surface area contributed by atoms with Crippen LogP contribution in [0.1, 0.15) is 16.9 Å². The molecule has 0 saturated carbocycles. The third kappa shape index (κ3) is 2.82. The van der Waals surface area contributed by atoms with Gasteiger partial charge in [0.2, 0.25) is 0 Å². The van der Waals surface area contributed by atoms with Gasteiger partial charge in [0.25, 0.3) is 5.91 Å². The summed E-state index contributed by atoms with van der Waals surface area (Å²) in [4.78, 5) is 20.9. The summed E-state index contributed by atoms with van der Waals surface area (Å²) in [6, 6.07) is 3.79. The van der Waals surface area contributed by atoms with Gasteiger partial charge in [0.15, 0.2) is 10.9 Å². The fourth-order valence-corrected chi connectivity index (χ4v) is 3.54. The summed E-state index contributed by atoms with van der Waals surface area (Å²) in [5, 5.41) is 10.1. The molecule has 1 atom stereocenters. The predicted octanol–water partition coefficient (Wildman–Crippen LogP) is 1.92. The topological polar surface area (TPSA) is 98.7 Å². The quantitative estimate of drug-likeness (QED) is 0.549. The van der Waals surface area contributed by atoms with E-state index in [1.54, 1.807) is 6.20 Å². The van der Waals surface area contributed by atoms with Gasteiger partial charge in [-0.3, -0.25) is 9.48 Å². The van der Waals surface area contributed by atoms with E-state index in [9.17, 15) is 4.79 Å². The molecule has 1 amide bonds. The highest BCUT2D eigenvalue weighted by Crippen LogP contribution is 2.28. The Hall–Kier alpha value is -2.61. The molecule has 7 nitrogen and oxygen atoms in total. The van der Waals surface area contributed by atoms with Crippen molar-refractivity contribution in [2.75, 3.05) is 12.8 Å². The lowest BCUT2D eigenvalue weighted by Gasteiger charge is -2.19. The summed E-state index contributed by atoms with van der Waals surface area (Å²) >= 11 is 1.48. The largest absolute Gasteiger partial charge is 0.391 e. The molecular weight excluding hydrogens is 336 g/mol. The molecule has 3 aromatic rings. The van der Waals surface area contributed by atoms with Crippen molar-refractivity contribution in [3.05, 3.63) is 36.3 Å². The zero-order valence-corrected chi connectivity index (χ0v) is 14.6. The highest BCUT2D eigenvalue weighted by molar-refractivity contribution is 7.98. The second-order valence-electron chi connectivity index (χ2n) is 6.06. The van der Waals surface area contributed by atoms with Crippen LogP contribution in [0.5, 0.6) is 0 Å². The van der Waals surface area contributed by atoms with Crippen molar-refractivity contribution < 1.29 is 4.79 Å². The van der Waals surface area contributed by atoms with Gasteiger partial charge in [-0.25, -0.2) is 9.97 Å². The Balaban J connectivity index is 1.94.